The summed E-state index contributed by atoms with van der Waals surface area (Å²) in [4.78, 5) is 22.5. The minimum Gasteiger partial charge on any atom is -0.364 e. The normalized spacial score (nSPS) is 10.3. The molecule has 0 saturated carbocycles. The summed E-state index contributed by atoms with van der Waals surface area (Å²) in [7, 11) is 0. The van der Waals surface area contributed by atoms with Crippen LogP contribution >= 0.6 is 0 Å². The van der Waals surface area contributed by atoms with E-state index in [1.54, 1.807) is 12.5 Å². The van der Waals surface area contributed by atoms with E-state index in [1.807, 2.05) is 17.7 Å². The average molecular weight is 291 g/mol. The van der Waals surface area contributed by atoms with Crippen molar-refractivity contribution in [1.29, 1.82) is 0 Å². The Labute approximate surface area is 121 Å². The van der Waals surface area contributed by atoms with Crippen LogP contribution in [0.15, 0.2) is 24.9 Å². The van der Waals surface area contributed by atoms with Crippen molar-refractivity contribution in [3.8, 4) is 0 Å². The van der Waals surface area contributed by atoms with Gasteiger partial charge in [-0.05, 0) is 13.3 Å². The summed E-state index contributed by atoms with van der Waals surface area (Å²) in [6, 6.07) is 0. The van der Waals surface area contributed by atoms with Crippen molar-refractivity contribution in [2.45, 2.75) is 19.9 Å². The van der Waals surface area contributed by atoms with Crippen molar-refractivity contribution in [2.75, 3.05) is 23.7 Å². The number of imidazole rings is 1. The van der Waals surface area contributed by atoms with Gasteiger partial charge in [0.15, 0.2) is 0 Å². The molecule has 0 unspecified atom stereocenters. The highest BCUT2D eigenvalue weighted by atomic mass is 16.6. The first-order chi connectivity index (χ1) is 10.2. The first-order valence-electron chi connectivity index (χ1n) is 6.65. The van der Waals surface area contributed by atoms with E-state index in [2.05, 4.69) is 25.6 Å². The first-order valence-corrected chi connectivity index (χ1v) is 6.65. The molecular weight excluding hydrogens is 274 g/mol. The van der Waals surface area contributed by atoms with Gasteiger partial charge >= 0.3 is 5.69 Å². The number of nitrogens with one attached hydrogen (secondary N) is 2. The van der Waals surface area contributed by atoms with E-state index in [-0.39, 0.29) is 11.5 Å². The van der Waals surface area contributed by atoms with Crippen molar-refractivity contribution >= 4 is 17.5 Å². The molecule has 0 atom stereocenters. The zero-order valence-corrected chi connectivity index (χ0v) is 11.7. The Morgan fingerprint density at radius 1 is 1.43 bits per heavy atom. The predicted molar refractivity (Wildman–Crippen MR) is 78.2 cm³/mol. The third kappa shape index (κ3) is 4.13. The Hall–Kier alpha value is -2.71. The fourth-order valence-corrected chi connectivity index (χ4v) is 1.77. The lowest BCUT2D eigenvalue weighted by Crippen LogP contribution is -2.11. The molecule has 0 bridgehead atoms. The Bertz CT molecular complexity index is 585. The van der Waals surface area contributed by atoms with Gasteiger partial charge in [-0.15, -0.1) is 0 Å². The van der Waals surface area contributed by atoms with Crippen molar-refractivity contribution in [2.24, 2.45) is 0 Å². The number of aryl methyl sites for hydroxylation is 1. The molecule has 2 heterocycles. The van der Waals surface area contributed by atoms with Crippen molar-refractivity contribution in [3.63, 3.8) is 0 Å². The second kappa shape index (κ2) is 7.17. The molecule has 0 aliphatic heterocycles. The van der Waals surface area contributed by atoms with Crippen molar-refractivity contribution in [1.82, 2.24) is 19.5 Å². The molecule has 21 heavy (non-hydrogen) atoms. The number of rotatable bonds is 8. The molecule has 9 nitrogen and oxygen atoms in total. The van der Waals surface area contributed by atoms with Crippen LogP contribution in [-0.2, 0) is 6.54 Å². The number of nitro groups is 1. The van der Waals surface area contributed by atoms with E-state index in [0.29, 0.717) is 19.0 Å². The minimum absolute atomic E-state index is 0.126. The van der Waals surface area contributed by atoms with Crippen LogP contribution in [0, 0.1) is 10.1 Å². The lowest BCUT2D eigenvalue weighted by atomic mass is 10.4. The second-order valence-corrected chi connectivity index (χ2v) is 4.30. The molecule has 112 valence electrons. The third-order valence-electron chi connectivity index (χ3n) is 2.75. The van der Waals surface area contributed by atoms with Gasteiger partial charge in [-0.25, -0.2) is 9.97 Å². The van der Waals surface area contributed by atoms with Crippen LogP contribution in [0.2, 0.25) is 0 Å². The number of anilines is 2. The summed E-state index contributed by atoms with van der Waals surface area (Å²) in [6.07, 6.45) is 7.33. The Kier molecular flexibility index (Phi) is 5.02. The van der Waals surface area contributed by atoms with Gasteiger partial charge in [0.1, 0.15) is 6.20 Å². The van der Waals surface area contributed by atoms with Gasteiger partial charge in [-0.1, -0.05) is 0 Å². The maximum atomic E-state index is 11.0. The number of hydrogen-bond donors (Lipinski definition) is 2. The maximum absolute atomic E-state index is 11.0. The van der Waals surface area contributed by atoms with Crippen LogP contribution in [0.1, 0.15) is 13.3 Å². The molecule has 2 rings (SSSR count). The van der Waals surface area contributed by atoms with Crippen molar-refractivity contribution in [3.05, 3.63) is 35.0 Å². The molecule has 0 aliphatic rings. The highest BCUT2D eigenvalue weighted by molar-refractivity contribution is 5.56. The van der Waals surface area contributed by atoms with E-state index in [0.717, 1.165) is 13.0 Å². The maximum Gasteiger partial charge on any atom is 0.329 e. The average Bonchev–Trinajstić information content (AvgIpc) is 2.97. The smallest absolute Gasteiger partial charge is 0.329 e. The molecule has 2 N–H and O–H groups in total. The molecule has 0 saturated heterocycles. The van der Waals surface area contributed by atoms with E-state index >= 15 is 0 Å². The fraction of sp³-hybridized carbons (Fsp3) is 0.417. The molecule has 2 aromatic rings. The molecule has 0 aromatic carbocycles. The quantitative estimate of drug-likeness (QED) is 0.431. The van der Waals surface area contributed by atoms with Gasteiger partial charge in [0.2, 0.25) is 11.8 Å². The predicted octanol–water partition coefficient (Wildman–Crippen LogP) is 1.52. The Balaban J connectivity index is 1.96. The molecule has 9 heteroatoms. The van der Waals surface area contributed by atoms with E-state index in [1.165, 1.54) is 6.20 Å². The van der Waals surface area contributed by atoms with Gasteiger partial charge in [0, 0.05) is 32.0 Å². The van der Waals surface area contributed by atoms with Crippen LogP contribution in [0.3, 0.4) is 0 Å². The third-order valence-corrected chi connectivity index (χ3v) is 2.75. The topological polar surface area (TPSA) is 111 Å². The molecule has 0 aliphatic carbocycles. The molecule has 0 spiro atoms. The first kappa shape index (κ1) is 14.7. The van der Waals surface area contributed by atoms with Crippen LogP contribution in [-0.4, -0.2) is 37.5 Å². The van der Waals surface area contributed by atoms with E-state index in [4.69, 9.17) is 0 Å². The highest BCUT2D eigenvalue weighted by Gasteiger charge is 2.16. The number of aromatic nitrogens is 4. The lowest BCUT2D eigenvalue weighted by Gasteiger charge is -2.08. The van der Waals surface area contributed by atoms with Gasteiger partial charge in [-0.3, -0.25) is 10.1 Å². The van der Waals surface area contributed by atoms with Gasteiger partial charge in [0.25, 0.3) is 0 Å². The fourth-order valence-electron chi connectivity index (χ4n) is 1.77. The van der Waals surface area contributed by atoms with Gasteiger partial charge < -0.3 is 15.2 Å². The zero-order valence-electron chi connectivity index (χ0n) is 11.7. The van der Waals surface area contributed by atoms with E-state index in [9.17, 15) is 10.1 Å². The summed E-state index contributed by atoms with van der Waals surface area (Å²) in [5.41, 5.74) is -0.126. The van der Waals surface area contributed by atoms with Gasteiger partial charge in [-0.2, -0.15) is 4.98 Å². The largest absolute Gasteiger partial charge is 0.364 e. The SMILES string of the molecule is CCNc1ncc([N+](=O)[O-])c(NCCCn2ccnc2)n1. The Morgan fingerprint density at radius 2 is 2.29 bits per heavy atom. The molecule has 2 aromatic heterocycles. The number of hydrogen-bond acceptors (Lipinski definition) is 7. The summed E-state index contributed by atoms with van der Waals surface area (Å²) in [5, 5.41) is 16.9. The molecule has 0 radical (unpaired) electrons. The molecule has 0 amide bonds. The van der Waals surface area contributed by atoms with Gasteiger partial charge in [0.05, 0.1) is 11.3 Å². The highest BCUT2D eigenvalue weighted by Crippen LogP contribution is 2.21. The monoisotopic (exact) mass is 291 g/mol. The lowest BCUT2D eigenvalue weighted by molar-refractivity contribution is -0.384. The van der Waals surface area contributed by atoms with Crippen molar-refractivity contribution < 1.29 is 4.92 Å². The number of nitrogens with zero attached hydrogens (tertiary/aromatic N) is 5. The van der Waals surface area contributed by atoms with Crippen LogP contribution < -0.4 is 10.6 Å². The standard InChI is InChI=1S/C12H17N7O2/c1-2-14-12-16-8-10(19(20)21)11(17-12)15-4-3-6-18-7-5-13-9-18/h5,7-9H,2-4,6H2,1H3,(H2,14,15,16,17). The minimum atomic E-state index is -0.492. The zero-order chi connectivity index (χ0) is 15.1. The van der Waals surface area contributed by atoms with Crippen LogP contribution in [0.25, 0.3) is 0 Å². The summed E-state index contributed by atoms with van der Waals surface area (Å²) in [5.74, 6) is 0.608. The van der Waals surface area contributed by atoms with E-state index < -0.39 is 4.92 Å². The Morgan fingerprint density at radius 3 is 2.95 bits per heavy atom. The molecular formula is C12H17N7O2. The summed E-state index contributed by atoms with van der Waals surface area (Å²) in [6.45, 7) is 3.91. The van der Waals surface area contributed by atoms with Crippen LogP contribution in [0.5, 0.6) is 0 Å². The molecule has 0 fully saturated rings. The second-order valence-electron chi connectivity index (χ2n) is 4.30. The summed E-state index contributed by atoms with van der Waals surface area (Å²) >= 11 is 0. The summed E-state index contributed by atoms with van der Waals surface area (Å²) < 4.78 is 1.94. The van der Waals surface area contributed by atoms with Crippen LogP contribution in [0.4, 0.5) is 17.5 Å².